The van der Waals surface area contributed by atoms with Crippen molar-refractivity contribution in [3.63, 3.8) is 0 Å². The molecule has 1 nitrogen and oxygen atoms in total. The normalized spacial score (nSPS) is 40.5. The van der Waals surface area contributed by atoms with E-state index >= 15 is 0 Å². The zero-order chi connectivity index (χ0) is 14.8. The molecule has 0 N–H and O–H groups in total. The van der Waals surface area contributed by atoms with Gasteiger partial charge in [-0.1, -0.05) is 30.1 Å². The van der Waals surface area contributed by atoms with Crippen molar-refractivity contribution in [2.24, 2.45) is 22.7 Å². The topological polar surface area (TPSA) is 17.1 Å². The quantitative estimate of drug-likeness (QED) is 0.630. The van der Waals surface area contributed by atoms with Crippen LogP contribution in [0.5, 0.6) is 0 Å². The summed E-state index contributed by atoms with van der Waals surface area (Å²) in [7, 11) is 0. The largest absolute Gasteiger partial charge is 0.294 e. The van der Waals surface area contributed by atoms with Crippen LogP contribution in [0.15, 0.2) is 18.2 Å². The lowest BCUT2D eigenvalue weighted by Gasteiger charge is -2.60. The minimum Gasteiger partial charge on any atom is -0.294 e. The van der Waals surface area contributed by atoms with E-state index in [-0.39, 0.29) is 11.2 Å². The number of benzene rings is 1. The van der Waals surface area contributed by atoms with Crippen molar-refractivity contribution < 1.29 is 4.79 Å². The average Bonchev–Trinajstić information content (AvgIpc) is 2.38. The minimum atomic E-state index is -0.173. The number of carbonyl (C=O) groups excluding carboxylic acids is 1. The van der Waals surface area contributed by atoms with Gasteiger partial charge in [-0.05, 0) is 74.0 Å². The molecule has 0 radical (unpaired) electrons. The number of ketones is 1. The summed E-state index contributed by atoms with van der Waals surface area (Å²) in [4.78, 5) is 13.3. The summed E-state index contributed by atoms with van der Waals surface area (Å²) in [5, 5.41) is 1.14. The van der Waals surface area contributed by atoms with Crippen LogP contribution < -0.4 is 0 Å². The van der Waals surface area contributed by atoms with Crippen LogP contribution in [0.2, 0.25) is 10.0 Å². The molecule has 4 fully saturated rings. The Balaban J connectivity index is 1.75. The molecule has 112 valence electrons. The van der Waals surface area contributed by atoms with Crippen molar-refractivity contribution in [1.29, 1.82) is 0 Å². The smallest absolute Gasteiger partial charge is 0.170 e. The van der Waals surface area contributed by atoms with Gasteiger partial charge in [0.2, 0.25) is 0 Å². The van der Waals surface area contributed by atoms with Gasteiger partial charge in [0.15, 0.2) is 5.78 Å². The lowest BCUT2D eigenvalue weighted by atomic mass is 9.43. The summed E-state index contributed by atoms with van der Waals surface area (Å²) in [6, 6.07) is 5.26. The van der Waals surface area contributed by atoms with Crippen molar-refractivity contribution in [1.82, 2.24) is 0 Å². The summed E-state index contributed by atoms with van der Waals surface area (Å²) >= 11 is 12.4. The van der Waals surface area contributed by atoms with Gasteiger partial charge in [-0.25, -0.2) is 0 Å². The molecule has 4 saturated carbocycles. The highest BCUT2D eigenvalue weighted by molar-refractivity contribution is 6.36. The molecule has 0 saturated heterocycles. The molecule has 2 unspecified atom stereocenters. The van der Waals surface area contributed by atoms with Crippen molar-refractivity contribution in [2.75, 3.05) is 0 Å². The van der Waals surface area contributed by atoms with E-state index in [1.807, 2.05) is 0 Å². The van der Waals surface area contributed by atoms with E-state index in [4.69, 9.17) is 23.2 Å². The molecular formula is C18H20Cl2O. The maximum absolute atomic E-state index is 13.3. The predicted molar refractivity (Wildman–Crippen MR) is 86.0 cm³/mol. The molecule has 4 aliphatic rings. The standard InChI is InChI=1S/C18H20Cl2O/c1-17-6-11-4-12(7-17)9-18(8-11,10-17)16(21)14-5-13(19)2-3-15(14)20/h2-3,5,11-12H,4,6-10H2,1H3. The summed E-state index contributed by atoms with van der Waals surface area (Å²) in [6.45, 7) is 2.38. The van der Waals surface area contributed by atoms with Gasteiger partial charge in [0.05, 0.1) is 5.02 Å². The number of Topliss-reactive ketones (excluding diaryl/α,β-unsaturated/α-hetero) is 1. The third-order valence-electron chi connectivity index (χ3n) is 6.01. The van der Waals surface area contributed by atoms with Crippen LogP contribution in [0.3, 0.4) is 0 Å². The van der Waals surface area contributed by atoms with Gasteiger partial charge in [0.25, 0.3) is 0 Å². The zero-order valence-corrected chi connectivity index (χ0v) is 13.8. The number of carbonyl (C=O) groups is 1. The van der Waals surface area contributed by atoms with Crippen LogP contribution in [0.4, 0.5) is 0 Å². The zero-order valence-electron chi connectivity index (χ0n) is 12.3. The first-order valence-electron chi connectivity index (χ1n) is 7.89. The van der Waals surface area contributed by atoms with Crippen LogP contribution in [0.1, 0.15) is 55.8 Å². The maximum atomic E-state index is 13.3. The van der Waals surface area contributed by atoms with Crippen LogP contribution in [0, 0.1) is 22.7 Å². The summed E-state index contributed by atoms with van der Waals surface area (Å²) < 4.78 is 0. The number of halogens is 2. The number of hydrogen-bond acceptors (Lipinski definition) is 1. The first-order chi connectivity index (χ1) is 9.89. The molecular weight excluding hydrogens is 303 g/mol. The highest BCUT2D eigenvalue weighted by Gasteiger charge is 2.58. The van der Waals surface area contributed by atoms with Gasteiger partial charge in [-0.3, -0.25) is 4.79 Å². The first kappa shape index (κ1) is 14.1. The van der Waals surface area contributed by atoms with E-state index in [9.17, 15) is 4.79 Å². The Morgan fingerprint density at radius 1 is 1.14 bits per heavy atom. The third-order valence-corrected chi connectivity index (χ3v) is 6.57. The second-order valence-electron chi connectivity index (χ2n) is 8.01. The van der Waals surface area contributed by atoms with Gasteiger partial charge < -0.3 is 0 Å². The van der Waals surface area contributed by atoms with Gasteiger partial charge in [-0.2, -0.15) is 0 Å². The maximum Gasteiger partial charge on any atom is 0.170 e. The van der Waals surface area contributed by atoms with Crippen LogP contribution in [-0.2, 0) is 0 Å². The summed E-state index contributed by atoms with van der Waals surface area (Å²) in [5.74, 6) is 1.71. The van der Waals surface area contributed by atoms with E-state index in [2.05, 4.69) is 6.92 Å². The first-order valence-corrected chi connectivity index (χ1v) is 8.65. The van der Waals surface area contributed by atoms with Crippen molar-refractivity contribution in [3.8, 4) is 0 Å². The van der Waals surface area contributed by atoms with E-state index in [0.29, 0.717) is 21.0 Å². The molecule has 0 aliphatic heterocycles. The molecule has 5 rings (SSSR count). The Bertz CT molecular complexity index is 608. The second kappa shape index (κ2) is 4.49. The molecule has 0 aromatic heterocycles. The van der Waals surface area contributed by atoms with Crippen molar-refractivity contribution >= 4 is 29.0 Å². The van der Waals surface area contributed by atoms with E-state index in [1.54, 1.807) is 18.2 Å². The molecule has 4 aliphatic carbocycles. The predicted octanol–water partition coefficient (Wildman–Crippen LogP) is 5.78. The second-order valence-corrected chi connectivity index (χ2v) is 8.85. The SMILES string of the molecule is CC12CC3CC(C1)CC(C(=O)c1cc(Cl)ccc1Cl)(C3)C2. The Morgan fingerprint density at radius 3 is 2.43 bits per heavy atom. The monoisotopic (exact) mass is 322 g/mol. The average molecular weight is 323 g/mol. The molecule has 3 heteroatoms. The Kier molecular flexibility index (Phi) is 3.01. The summed E-state index contributed by atoms with van der Waals surface area (Å²) in [6.07, 6.45) is 7.09. The molecule has 0 spiro atoms. The van der Waals surface area contributed by atoms with Crippen LogP contribution >= 0.6 is 23.2 Å². The Labute approximate surface area is 136 Å². The molecule has 2 atom stereocenters. The van der Waals surface area contributed by atoms with E-state index in [0.717, 1.165) is 31.1 Å². The Morgan fingerprint density at radius 2 is 1.81 bits per heavy atom. The third kappa shape index (κ3) is 2.16. The fourth-order valence-electron chi connectivity index (χ4n) is 5.94. The molecule has 1 aromatic carbocycles. The number of hydrogen-bond donors (Lipinski definition) is 0. The highest BCUT2D eigenvalue weighted by Crippen LogP contribution is 2.65. The summed E-state index contributed by atoms with van der Waals surface area (Å²) in [5.41, 5.74) is 0.826. The molecule has 1 aromatic rings. The fraction of sp³-hybridized carbons (Fsp3) is 0.611. The van der Waals surface area contributed by atoms with Crippen molar-refractivity contribution in [3.05, 3.63) is 33.8 Å². The lowest BCUT2D eigenvalue weighted by Crippen LogP contribution is -2.54. The van der Waals surface area contributed by atoms with Crippen molar-refractivity contribution in [2.45, 2.75) is 45.4 Å². The fourth-order valence-corrected chi connectivity index (χ4v) is 6.32. The molecule has 4 bridgehead atoms. The highest BCUT2D eigenvalue weighted by atomic mass is 35.5. The van der Waals surface area contributed by atoms with Gasteiger partial charge in [0, 0.05) is 16.0 Å². The molecule has 21 heavy (non-hydrogen) atoms. The van der Waals surface area contributed by atoms with Crippen LogP contribution in [-0.4, -0.2) is 5.78 Å². The molecule has 0 amide bonds. The van der Waals surface area contributed by atoms with Gasteiger partial charge in [-0.15, -0.1) is 0 Å². The van der Waals surface area contributed by atoms with Crippen LogP contribution in [0.25, 0.3) is 0 Å². The van der Waals surface area contributed by atoms with E-state index < -0.39 is 0 Å². The Hall–Kier alpha value is -0.530. The molecule has 0 heterocycles. The minimum absolute atomic E-state index is 0.173. The van der Waals surface area contributed by atoms with Gasteiger partial charge in [0.1, 0.15) is 0 Å². The number of rotatable bonds is 2. The van der Waals surface area contributed by atoms with E-state index in [1.165, 1.54) is 19.3 Å². The lowest BCUT2D eigenvalue weighted by molar-refractivity contribution is -0.0820. The van der Waals surface area contributed by atoms with Gasteiger partial charge >= 0.3 is 0 Å².